The van der Waals surface area contributed by atoms with Gasteiger partial charge in [0, 0.05) is 17.0 Å². The second-order valence-corrected chi connectivity index (χ2v) is 4.39. The molecule has 2 atom stereocenters. The summed E-state index contributed by atoms with van der Waals surface area (Å²) in [5.74, 6) is 0. The van der Waals surface area contributed by atoms with Crippen LogP contribution in [0, 0.1) is 6.92 Å². The van der Waals surface area contributed by atoms with Gasteiger partial charge >= 0.3 is 11.3 Å². The normalized spacial score (nSPS) is 27.0. The van der Waals surface area contributed by atoms with Crippen LogP contribution in [0.3, 0.4) is 0 Å². The fraction of sp³-hybridized carbons (Fsp3) is 0.800. The zero-order chi connectivity index (χ0) is 11.0. The van der Waals surface area contributed by atoms with Crippen molar-refractivity contribution in [2.45, 2.75) is 52.1 Å². The number of rotatable bonds is 1. The number of hydrogen-bond donors (Lipinski definition) is 1. The predicted octanol–water partition coefficient (Wildman–Crippen LogP) is 0.463. The van der Waals surface area contributed by atoms with Crippen LogP contribution in [-0.2, 0) is 0 Å². The Morgan fingerprint density at radius 1 is 1.40 bits per heavy atom. The molecule has 84 valence electrons. The average Bonchev–Trinajstić information content (AvgIpc) is 2.49. The van der Waals surface area contributed by atoms with Crippen molar-refractivity contribution in [1.82, 2.24) is 5.27 Å². The number of aromatic amines is 1. The van der Waals surface area contributed by atoms with Crippen molar-refractivity contribution < 1.29 is 9.31 Å². The van der Waals surface area contributed by atoms with Gasteiger partial charge in [0.1, 0.15) is 0 Å². The first-order valence-corrected chi connectivity index (χ1v) is 5.50. The number of piperidine rings is 1. The van der Waals surface area contributed by atoms with E-state index in [1.165, 1.54) is 6.42 Å². The molecule has 0 amide bonds. The number of nitrogens with zero attached hydrogens (tertiary/aromatic N) is 2. The maximum atomic E-state index is 11.3. The van der Waals surface area contributed by atoms with Gasteiger partial charge in [0.15, 0.2) is 0 Å². The van der Waals surface area contributed by atoms with Crippen LogP contribution < -0.4 is 15.4 Å². The topological polar surface area (TPSA) is 53.1 Å². The van der Waals surface area contributed by atoms with Crippen LogP contribution >= 0.6 is 0 Å². The standard InChI is InChI=1S/C10H17N3O2/c1-7-5-4-6-8(2)12(7)13-9(3)10(14)15-11-13/h7-8H,4-6H2,1-3H3/p+1. The van der Waals surface area contributed by atoms with Crippen LogP contribution in [0.15, 0.2) is 9.32 Å². The molecule has 1 N–H and O–H groups in total. The summed E-state index contributed by atoms with van der Waals surface area (Å²) < 4.78 is 4.79. The molecule has 5 heteroatoms. The summed E-state index contributed by atoms with van der Waals surface area (Å²) in [6, 6.07) is 0.872. The zero-order valence-corrected chi connectivity index (χ0v) is 9.49. The maximum absolute atomic E-state index is 11.3. The highest BCUT2D eigenvalue weighted by Crippen LogP contribution is 2.17. The van der Waals surface area contributed by atoms with Crippen molar-refractivity contribution in [2.24, 2.45) is 0 Å². The van der Waals surface area contributed by atoms with E-state index in [9.17, 15) is 4.79 Å². The quantitative estimate of drug-likeness (QED) is 0.688. The Kier molecular flexibility index (Phi) is 2.54. The van der Waals surface area contributed by atoms with Crippen molar-refractivity contribution in [3.63, 3.8) is 0 Å². The first-order valence-electron chi connectivity index (χ1n) is 5.50. The Morgan fingerprint density at radius 3 is 2.47 bits per heavy atom. The van der Waals surface area contributed by atoms with Gasteiger partial charge in [0.05, 0.1) is 12.1 Å². The molecule has 0 radical (unpaired) electrons. The van der Waals surface area contributed by atoms with E-state index < -0.39 is 0 Å². The Bertz CT molecular complexity index is 386. The number of H-pyrrole nitrogens is 1. The second-order valence-electron chi connectivity index (χ2n) is 4.39. The smallest absolute Gasteiger partial charge is 0.281 e. The van der Waals surface area contributed by atoms with Gasteiger partial charge in [0.2, 0.25) is 0 Å². The minimum atomic E-state index is -0.292. The molecule has 0 spiro atoms. The third-order valence-corrected chi connectivity index (χ3v) is 3.22. The maximum Gasteiger partial charge on any atom is 0.433 e. The summed E-state index contributed by atoms with van der Waals surface area (Å²) in [5, 5.41) is 4.84. The molecule has 0 saturated carbocycles. The van der Waals surface area contributed by atoms with Gasteiger partial charge in [-0.2, -0.15) is 0 Å². The molecule has 1 fully saturated rings. The van der Waals surface area contributed by atoms with Crippen molar-refractivity contribution in [3.8, 4) is 0 Å². The fourth-order valence-electron chi connectivity index (χ4n) is 2.34. The predicted molar refractivity (Wildman–Crippen MR) is 55.3 cm³/mol. The number of hydrogen-bond acceptors (Lipinski definition) is 3. The van der Waals surface area contributed by atoms with Gasteiger partial charge in [-0.05, 0) is 33.1 Å². The Labute approximate surface area is 88.6 Å². The largest absolute Gasteiger partial charge is 0.433 e. The van der Waals surface area contributed by atoms with Crippen molar-refractivity contribution in [3.05, 3.63) is 16.1 Å². The molecule has 1 aliphatic rings. The summed E-state index contributed by atoms with van der Waals surface area (Å²) in [6.45, 7) is 6.12. The SMILES string of the molecule is Cc1c(=O)o[nH][n+]1N1C(C)CCCC1C. The van der Waals surface area contributed by atoms with Crippen LogP contribution in [0.4, 0.5) is 0 Å². The van der Waals surface area contributed by atoms with E-state index in [4.69, 9.17) is 4.52 Å². The van der Waals surface area contributed by atoms with Crippen LogP contribution in [0.25, 0.3) is 0 Å². The molecule has 1 aromatic heterocycles. The van der Waals surface area contributed by atoms with Gasteiger partial charge in [-0.15, -0.1) is 5.01 Å². The summed E-state index contributed by atoms with van der Waals surface area (Å²) in [5.41, 5.74) is 0.315. The molecule has 0 aliphatic carbocycles. The molecule has 2 unspecified atom stereocenters. The lowest BCUT2D eigenvalue weighted by molar-refractivity contribution is -0.770. The molecule has 2 rings (SSSR count). The van der Waals surface area contributed by atoms with E-state index in [0.717, 1.165) is 12.8 Å². The minimum Gasteiger partial charge on any atom is -0.281 e. The summed E-state index contributed by atoms with van der Waals surface area (Å²) in [6.07, 6.45) is 3.56. The molecule has 1 aromatic rings. The third-order valence-electron chi connectivity index (χ3n) is 3.22. The van der Waals surface area contributed by atoms with E-state index in [1.54, 1.807) is 11.7 Å². The van der Waals surface area contributed by atoms with Gasteiger partial charge in [-0.25, -0.2) is 4.79 Å². The average molecular weight is 212 g/mol. The first-order chi connectivity index (χ1) is 7.11. The van der Waals surface area contributed by atoms with Crippen LogP contribution in [0.2, 0.25) is 0 Å². The lowest BCUT2D eigenvalue weighted by Gasteiger charge is -2.32. The summed E-state index contributed by atoms with van der Waals surface area (Å²) >= 11 is 0. The highest BCUT2D eigenvalue weighted by Gasteiger charge is 2.35. The highest BCUT2D eigenvalue weighted by atomic mass is 16.5. The van der Waals surface area contributed by atoms with Crippen molar-refractivity contribution in [2.75, 3.05) is 5.01 Å². The molecule has 0 bridgehead atoms. The third kappa shape index (κ3) is 1.66. The molecule has 1 saturated heterocycles. The van der Waals surface area contributed by atoms with Crippen LogP contribution in [0.5, 0.6) is 0 Å². The summed E-state index contributed by atoms with van der Waals surface area (Å²) in [7, 11) is 0. The minimum absolute atomic E-state index is 0.292. The van der Waals surface area contributed by atoms with E-state index >= 15 is 0 Å². The molecule has 2 heterocycles. The van der Waals surface area contributed by atoms with Crippen LogP contribution in [0.1, 0.15) is 38.8 Å². The summed E-state index contributed by atoms with van der Waals surface area (Å²) in [4.78, 5) is 13.0. The molecular weight excluding hydrogens is 194 g/mol. The molecule has 5 nitrogen and oxygen atoms in total. The Hall–Kier alpha value is -1.26. The van der Waals surface area contributed by atoms with Gasteiger partial charge in [0.25, 0.3) is 0 Å². The van der Waals surface area contributed by atoms with Crippen molar-refractivity contribution in [1.29, 1.82) is 0 Å². The second kappa shape index (κ2) is 3.72. The van der Waals surface area contributed by atoms with E-state index in [2.05, 4.69) is 24.1 Å². The lowest BCUT2D eigenvalue weighted by Crippen LogP contribution is -2.69. The van der Waals surface area contributed by atoms with Gasteiger partial charge < -0.3 is 0 Å². The Balaban J connectivity index is 2.35. The fourth-order valence-corrected chi connectivity index (χ4v) is 2.34. The van der Waals surface area contributed by atoms with Crippen molar-refractivity contribution >= 4 is 0 Å². The molecular formula is C10H18N3O2+. The van der Waals surface area contributed by atoms with E-state index in [1.807, 2.05) is 0 Å². The van der Waals surface area contributed by atoms with E-state index in [0.29, 0.717) is 17.8 Å². The van der Waals surface area contributed by atoms with Crippen LogP contribution in [-0.4, -0.2) is 17.4 Å². The monoisotopic (exact) mass is 212 g/mol. The first kappa shape index (κ1) is 10.3. The van der Waals surface area contributed by atoms with Gasteiger partial charge in [-0.3, -0.25) is 4.52 Å². The molecule has 0 aromatic carbocycles. The van der Waals surface area contributed by atoms with Gasteiger partial charge in [-0.1, -0.05) is 0 Å². The molecule has 1 aliphatic heterocycles. The lowest BCUT2D eigenvalue weighted by atomic mass is 10.00. The zero-order valence-electron chi connectivity index (χ0n) is 9.49. The Morgan fingerprint density at radius 2 is 2.00 bits per heavy atom. The number of nitrogens with one attached hydrogen (secondary N) is 1. The van der Waals surface area contributed by atoms with E-state index in [-0.39, 0.29) is 5.63 Å². The highest BCUT2D eigenvalue weighted by molar-refractivity contribution is 4.92. The number of aromatic nitrogens is 2. The molecule has 15 heavy (non-hydrogen) atoms.